The van der Waals surface area contributed by atoms with Gasteiger partial charge in [-0.15, -0.1) is 12.4 Å². The van der Waals surface area contributed by atoms with E-state index in [0.29, 0.717) is 16.9 Å². The van der Waals surface area contributed by atoms with E-state index in [1.54, 1.807) is 29.1 Å². The van der Waals surface area contributed by atoms with E-state index in [4.69, 9.17) is 0 Å². The Balaban J connectivity index is 0.00000182. The van der Waals surface area contributed by atoms with Crippen molar-refractivity contribution in [1.82, 2.24) is 29.8 Å². The second kappa shape index (κ2) is 7.08. The summed E-state index contributed by atoms with van der Waals surface area (Å²) < 4.78 is 1.67. The highest BCUT2D eigenvalue weighted by Crippen LogP contribution is 2.20. The predicted octanol–water partition coefficient (Wildman–Crippen LogP) is 0.898. The molecular weight excluding hydrogens is 346 g/mol. The molecule has 1 aliphatic heterocycles. The van der Waals surface area contributed by atoms with Crippen LogP contribution in [-0.2, 0) is 0 Å². The van der Waals surface area contributed by atoms with Crippen molar-refractivity contribution in [2.45, 2.75) is 18.9 Å². The van der Waals surface area contributed by atoms with Gasteiger partial charge < -0.3 is 20.6 Å². The molecule has 0 bridgehead atoms. The molecular formula is C15H18ClN7O2. The van der Waals surface area contributed by atoms with Crippen LogP contribution in [0.2, 0.25) is 0 Å². The number of anilines is 2. The number of nitrogens with zero attached hydrogens (tertiary/aromatic N) is 3. The van der Waals surface area contributed by atoms with Crippen LogP contribution < -0.4 is 21.9 Å². The molecule has 0 spiro atoms. The van der Waals surface area contributed by atoms with Crippen LogP contribution in [0.1, 0.15) is 18.9 Å². The van der Waals surface area contributed by atoms with Crippen LogP contribution in [0, 0.1) is 0 Å². The lowest BCUT2D eigenvalue weighted by molar-refractivity contribution is 0.370. The second-order valence-corrected chi connectivity index (χ2v) is 5.77. The third kappa shape index (κ3) is 3.28. The molecule has 1 fully saturated rings. The number of aromatic nitrogens is 5. The molecule has 132 valence electrons. The lowest BCUT2D eigenvalue weighted by Crippen LogP contribution is -2.35. The maximum absolute atomic E-state index is 12.3. The summed E-state index contributed by atoms with van der Waals surface area (Å²) in [6.45, 7) is 1.70. The summed E-state index contributed by atoms with van der Waals surface area (Å²) in [6, 6.07) is 3.41. The zero-order valence-electron chi connectivity index (χ0n) is 13.3. The molecule has 3 aromatic heterocycles. The second-order valence-electron chi connectivity index (χ2n) is 5.77. The van der Waals surface area contributed by atoms with Crippen LogP contribution in [0.4, 0.5) is 11.6 Å². The molecule has 0 aliphatic carbocycles. The minimum absolute atomic E-state index is 0. The molecule has 4 N–H and O–H groups in total. The average Bonchev–Trinajstić information content (AvgIpc) is 2.93. The number of hydrogen-bond donors (Lipinski definition) is 4. The SMILES string of the molecule is Cl.O=c1[nH]cccc1Nc1ncc2[nH]c(=O)n([C@@H]3CCCNC3)c2n1. The van der Waals surface area contributed by atoms with Crippen molar-refractivity contribution in [3.8, 4) is 0 Å². The van der Waals surface area contributed by atoms with Gasteiger partial charge >= 0.3 is 5.69 Å². The maximum Gasteiger partial charge on any atom is 0.328 e. The van der Waals surface area contributed by atoms with E-state index >= 15 is 0 Å². The Morgan fingerprint density at radius 3 is 2.96 bits per heavy atom. The van der Waals surface area contributed by atoms with Gasteiger partial charge in [0.15, 0.2) is 5.65 Å². The number of rotatable bonds is 3. The van der Waals surface area contributed by atoms with E-state index in [2.05, 4.69) is 30.6 Å². The fraction of sp³-hybridized carbons (Fsp3) is 0.333. The number of nitrogens with one attached hydrogen (secondary N) is 4. The summed E-state index contributed by atoms with van der Waals surface area (Å²) in [6.07, 6.45) is 5.04. The Bertz CT molecular complexity index is 987. The molecule has 3 aromatic rings. The molecule has 0 radical (unpaired) electrons. The first-order chi connectivity index (χ1) is 11.7. The van der Waals surface area contributed by atoms with Crippen molar-refractivity contribution < 1.29 is 0 Å². The molecule has 0 aromatic carbocycles. The Morgan fingerprint density at radius 1 is 1.32 bits per heavy atom. The fourth-order valence-electron chi connectivity index (χ4n) is 3.01. The minimum Gasteiger partial charge on any atom is -0.327 e. The zero-order valence-corrected chi connectivity index (χ0v) is 14.1. The van der Waals surface area contributed by atoms with Crippen molar-refractivity contribution in [3.63, 3.8) is 0 Å². The van der Waals surface area contributed by atoms with Crippen LogP contribution in [0.15, 0.2) is 34.1 Å². The molecule has 4 heterocycles. The molecule has 0 unspecified atom stereocenters. The first-order valence-electron chi connectivity index (χ1n) is 7.85. The summed E-state index contributed by atoms with van der Waals surface area (Å²) >= 11 is 0. The standard InChI is InChI=1S/C15H17N7O2.ClH/c23-13-10(4-2-6-17-13)19-14-18-8-11-12(21-14)22(15(24)20-11)9-3-1-5-16-7-9;/h2,4,6,8-9,16H,1,3,5,7H2,(H,17,23)(H,20,24)(H,18,19,21);1H/t9-;/m1./s1. The molecule has 1 saturated heterocycles. The molecule has 10 heteroatoms. The van der Waals surface area contributed by atoms with Crippen molar-refractivity contribution in [2.24, 2.45) is 0 Å². The largest absolute Gasteiger partial charge is 0.328 e. The Hall–Kier alpha value is -2.65. The third-order valence-corrected chi connectivity index (χ3v) is 4.16. The highest BCUT2D eigenvalue weighted by Gasteiger charge is 2.21. The summed E-state index contributed by atoms with van der Waals surface area (Å²) in [5.41, 5.74) is 1.02. The van der Waals surface area contributed by atoms with Gasteiger partial charge in [-0.25, -0.2) is 9.78 Å². The van der Waals surface area contributed by atoms with Gasteiger partial charge in [0, 0.05) is 12.7 Å². The molecule has 9 nitrogen and oxygen atoms in total. The van der Waals surface area contributed by atoms with Crippen molar-refractivity contribution >= 4 is 35.2 Å². The number of aromatic amines is 2. The number of piperidine rings is 1. The molecule has 1 aliphatic rings. The van der Waals surface area contributed by atoms with Crippen LogP contribution in [0.5, 0.6) is 0 Å². The number of hydrogen-bond acceptors (Lipinski definition) is 6. The quantitative estimate of drug-likeness (QED) is 0.548. The van der Waals surface area contributed by atoms with Gasteiger partial charge in [-0.05, 0) is 31.5 Å². The number of halogens is 1. The van der Waals surface area contributed by atoms with Gasteiger partial charge in [0.2, 0.25) is 5.95 Å². The molecule has 1 atom stereocenters. The van der Waals surface area contributed by atoms with E-state index in [1.807, 2.05) is 0 Å². The third-order valence-electron chi connectivity index (χ3n) is 4.16. The Kier molecular flexibility index (Phi) is 4.86. The minimum atomic E-state index is -0.260. The molecule has 0 saturated carbocycles. The first kappa shape index (κ1) is 17.2. The highest BCUT2D eigenvalue weighted by atomic mass is 35.5. The number of fused-ring (bicyclic) bond motifs is 1. The number of pyridine rings is 1. The summed E-state index contributed by atoms with van der Waals surface area (Å²) in [5, 5.41) is 6.19. The van der Waals surface area contributed by atoms with Gasteiger partial charge in [-0.2, -0.15) is 4.98 Å². The lowest BCUT2D eigenvalue weighted by atomic mass is 10.1. The average molecular weight is 364 g/mol. The Labute approximate surface area is 148 Å². The van der Waals surface area contributed by atoms with E-state index in [9.17, 15) is 9.59 Å². The van der Waals surface area contributed by atoms with E-state index in [1.165, 1.54) is 0 Å². The monoisotopic (exact) mass is 363 g/mol. The summed E-state index contributed by atoms with van der Waals surface area (Å²) in [5.74, 6) is 0.274. The normalized spacial score (nSPS) is 17.2. The van der Waals surface area contributed by atoms with Gasteiger partial charge in [0.1, 0.15) is 11.2 Å². The van der Waals surface area contributed by atoms with Crippen LogP contribution in [-0.4, -0.2) is 37.6 Å². The summed E-state index contributed by atoms with van der Waals surface area (Å²) in [4.78, 5) is 38.0. The van der Waals surface area contributed by atoms with E-state index in [0.717, 1.165) is 25.9 Å². The predicted molar refractivity (Wildman–Crippen MR) is 96.9 cm³/mol. The van der Waals surface area contributed by atoms with Gasteiger partial charge in [-0.1, -0.05) is 0 Å². The zero-order chi connectivity index (χ0) is 16.5. The van der Waals surface area contributed by atoms with E-state index < -0.39 is 0 Å². The van der Waals surface area contributed by atoms with Crippen LogP contribution >= 0.6 is 12.4 Å². The molecule has 25 heavy (non-hydrogen) atoms. The molecule has 4 rings (SSSR count). The first-order valence-corrected chi connectivity index (χ1v) is 7.85. The molecule has 0 amide bonds. The summed E-state index contributed by atoms with van der Waals surface area (Å²) in [7, 11) is 0. The number of imidazole rings is 1. The van der Waals surface area contributed by atoms with Crippen molar-refractivity contribution in [1.29, 1.82) is 0 Å². The lowest BCUT2D eigenvalue weighted by Gasteiger charge is -2.23. The van der Waals surface area contributed by atoms with Gasteiger partial charge in [-0.3, -0.25) is 9.36 Å². The topological polar surface area (TPSA) is 120 Å². The highest BCUT2D eigenvalue weighted by molar-refractivity contribution is 5.85. The van der Waals surface area contributed by atoms with Crippen LogP contribution in [0.3, 0.4) is 0 Å². The van der Waals surface area contributed by atoms with Gasteiger partial charge in [0.25, 0.3) is 5.56 Å². The van der Waals surface area contributed by atoms with Crippen molar-refractivity contribution in [3.05, 3.63) is 45.4 Å². The fourth-order valence-corrected chi connectivity index (χ4v) is 3.01. The van der Waals surface area contributed by atoms with Gasteiger partial charge in [0.05, 0.1) is 12.2 Å². The van der Waals surface area contributed by atoms with E-state index in [-0.39, 0.29) is 35.6 Å². The van der Waals surface area contributed by atoms with Crippen molar-refractivity contribution in [2.75, 3.05) is 18.4 Å². The Morgan fingerprint density at radius 2 is 2.20 bits per heavy atom. The smallest absolute Gasteiger partial charge is 0.327 e. The van der Waals surface area contributed by atoms with Crippen LogP contribution in [0.25, 0.3) is 11.2 Å². The maximum atomic E-state index is 12.3. The number of H-pyrrole nitrogens is 2.